The van der Waals surface area contributed by atoms with E-state index in [2.05, 4.69) is 14.9 Å². The second kappa shape index (κ2) is 10.9. The van der Waals surface area contributed by atoms with Gasteiger partial charge in [-0.25, -0.2) is 15.4 Å². The van der Waals surface area contributed by atoms with Crippen LogP contribution in [0.1, 0.15) is 11.4 Å². The molecule has 2 N–H and O–H groups in total. The van der Waals surface area contributed by atoms with E-state index in [1.165, 1.54) is 23.7 Å². The van der Waals surface area contributed by atoms with E-state index in [4.69, 9.17) is 5.21 Å². The Kier molecular flexibility index (Phi) is 8.32. The van der Waals surface area contributed by atoms with Gasteiger partial charge in [-0.2, -0.15) is 0 Å². The summed E-state index contributed by atoms with van der Waals surface area (Å²) in [6.07, 6.45) is 7.56. The highest BCUT2D eigenvalue weighted by Crippen LogP contribution is 2.13. The summed E-state index contributed by atoms with van der Waals surface area (Å²) in [6.45, 7) is 2.74. The van der Waals surface area contributed by atoms with E-state index in [9.17, 15) is 9.59 Å². The Bertz CT molecular complexity index is 881. The van der Waals surface area contributed by atoms with Gasteiger partial charge in [0.05, 0.1) is 11.4 Å². The molecule has 1 aliphatic heterocycles. The third kappa shape index (κ3) is 6.41. The topological polar surface area (TPSA) is 98.7 Å². The summed E-state index contributed by atoms with van der Waals surface area (Å²) in [5.74, 6) is 0.222. The number of rotatable bonds is 5. The molecule has 2 amide bonds. The molecule has 1 saturated heterocycles. The molecule has 152 valence electrons. The Morgan fingerprint density at radius 2 is 1.66 bits per heavy atom. The number of aromatic nitrogens is 2. The van der Waals surface area contributed by atoms with E-state index in [0.29, 0.717) is 24.5 Å². The minimum atomic E-state index is -0.636. The van der Waals surface area contributed by atoms with Crippen LogP contribution in [0.2, 0.25) is 0 Å². The normalized spacial score (nSPS) is 14.1. The fourth-order valence-electron chi connectivity index (χ4n) is 2.81. The van der Waals surface area contributed by atoms with Crippen LogP contribution in [0.4, 0.5) is 5.82 Å². The first kappa shape index (κ1) is 22.1. The highest BCUT2D eigenvalue weighted by atomic mass is 35.5. The number of halogens is 1. The van der Waals surface area contributed by atoms with Crippen LogP contribution in [0, 0.1) is 0 Å². The van der Waals surface area contributed by atoms with Crippen molar-refractivity contribution in [3.63, 3.8) is 0 Å². The van der Waals surface area contributed by atoms with Gasteiger partial charge in [-0.05, 0) is 36.4 Å². The van der Waals surface area contributed by atoms with E-state index >= 15 is 0 Å². The summed E-state index contributed by atoms with van der Waals surface area (Å²) in [4.78, 5) is 36.1. The van der Waals surface area contributed by atoms with Gasteiger partial charge >= 0.3 is 0 Å². The molecular weight excluding hydrogens is 394 g/mol. The van der Waals surface area contributed by atoms with Gasteiger partial charge in [0.15, 0.2) is 0 Å². The van der Waals surface area contributed by atoms with Crippen molar-refractivity contribution in [2.75, 3.05) is 31.1 Å². The molecule has 1 aliphatic rings. The number of nitrogens with zero attached hydrogens (tertiary/aromatic N) is 4. The molecule has 0 bridgehead atoms. The molecule has 3 rings (SSSR count). The largest absolute Gasteiger partial charge is 0.353 e. The van der Waals surface area contributed by atoms with Gasteiger partial charge in [0.2, 0.25) is 5.91 Å². The van der Waals surface area contributed by atoms with Crippen molar-refractivity contribution in [2.45, 2.75) is 0 Å². The average molecular weight is 416 g/mol. The molecular formula is C20H22ClN5O3. The molecule has 0 aromatic carbocycles. The second-order valence-electron chi connectivity index (χ2n) is 6.13. The average Bonchev–Trinajstić information content (AvgIpc) is 2.76. The highest BCUT2D eigenvalue weighted by Gasteiger charge is 2.20. The molecule has 0 radical (unpaired) electrons. The molecule has 0 unspecified atom stereocenters. The molecule has 0 aliphatic carbocycles. The number of anilines is 1. The van der Waals surface area contributed by atoms with Gasteiger partial charge in [-0.1, -0.05) is 12.1 Å². The zero-order chi connectivity index (χ0) is 19.8. The van der Waals surface area contributed by atoms with Crippen molar-refractivity contribution in [1.29, 1.82) is 0 Å². The molecule has 2 aromatic rings. The fourth-order valence-corrected chi connectivity index (χ4v) is 2.81. The number of hydrogen-bond donors (Lipinski definition) is 2. The number of hydroxylamine groups is 1. The van der Waals surface area contributed by atoms with Crippen molar-refractivity contribution >= 4 is 42.2 Å². The molecule has 29 heavy (non-hydrogen) atoms. The Labute approximate surface area is 174 Å². The summed E-state index contributed by atoms with van der Waals surface area (Å²) >= 11 is 0. The van der Waals surface area contributed by atoms with Gasteiger partial charge in [0.1, 0.15) is 5.82 Å². The first-order chi connectivity index (χ1) is 13.7. The zero-order valence-electron chi connectivity index (χ0n) is 15.6. The molecule has 2 aromatic heterocycles. The summed E-state index contributed by atoms with van der Waals surface area (Å²) in [6, 6.07) is 11.1. The standard InChI is InChI=1S/C20H21N5O3.ClH/c26-19(23-28)9-7-16-4-3-5-17(22-16)8-10-20(27)25-14-12-24(13-15-25)18-6-1-2-11-21-18;/h1-11,28H,12-15H2,(H,23,26);1H. The quantitative estimate of drug-likeness (QED) is 0.439. The molecule has 9 heteroatoms. The van der Waals surface area contributed by atoms with E-state index in [1.54, 1.807) is 35.4 Å². The van der Waals surface area contributed by atoms with Crippen molar-refractivity contribution in [3.8, 4) is 0 Å². The molecule has 0 saturated carbocycles. The Balaban J connectivity index is 0.00000300. The predicted molar refractivity (Wildman–Crippen MR) is 113 cm³/mol. The van der Waals surface area contributed by atoms with Crippen LogP contribution < -0.4 is 10.4 Å². The van der Waals surface area contributed by atoms with Gasteiger partial charge in [0.25, 0.3) is 5.91 Å². The Morgan fingerprint density at radius 1 is 0.966 bits per heavy atom. The Morgan fingerprint density at radius 3 is 2.28 bits per heavy atom. The lowest BCUT2D eigenvalue weighted by Crippen LogP contribution is -2.48. The SMILES string of the molecule is Cl.O=C(C=Cc1cccc(C=CC(=O)N2CCN(c3ccccn3)CC2)n1)NO. The number of carbonyl (C=O) groups is 2. The van der Waals surface area contributed by atoms with Crippen LogP contribution >= 0.6 is 12.4 Å². The van der Waals surface area contributed by atoms with Crippen LogP contribution in [-0.4, -0.2) is 58.1 Å². The van der Waals surface area contributed by atoms with Crippen LogP contribution in [0.25, 0.3) is 12.2 Å². The first-order valence-electron chi connectivity index (χ1n) is 8.88. The molecule has 8 nitrogen and oxygen atoms in total. The monoisotopic (exact) mass is 415 g/mol. The lowest BCUT2D eigenvalue weighted by molar-refractivity contribution is -0.126. The number of hydrogen-bond acceptors (Lipinski definition) is 6. The van der Waals surface area contributed by atoms with Crippen molar-refractivity contribution in [3.05, 3.63) is 66.1 Å². The number of carbonyl (C=O) groups excluding carboxylic acids is 2. The van der Waals surface area contributed by atoms with Crippen LogP contribution in [-0.2, 0) is 9.59 Å². The summed E-state index contributed by atoms with van der Waals surface area (Å²) in [5.41, 5.74) is 2.66. The number of piperazine rings is 1. The number of nitrogens with one attached hydrogen (secondary N) is 1. The number of amides is 2. The lowest BCUT2D eigenvalue weighted by Gasteiger charge is -2.34. The maximum atomic E-state index is 12.4. The van der Waals surface area contributed by atoms with Crippen molar-refractivity contribution in [1.82, 2.24) is 20.3 Å². The zero-order valence-corrected chi connectivity index (χ0v) is 16.5. The third-order valence-corrected chi connectivity index (χ3v) is 4.27. The predicted octanol–water partition coefficient (Wildman–Crippen LogP) is 1.78. The van der Waals surface area contributed by atoms with Gasteiger partial charge in [-0.3, -0.25) is 14.8 Å². The van der Waals surface area contributed by atoms with E-state index in [-0.39, 0.29) is 18.3 Å². The van der Waals surface area contributed by atoms with Gasteiger partial charge in [-0.15, -0.1) is 12.4 Å². The van der Waals surface area contributed by atoms with Gasteiger partial charge in [0, 0.05) is 44.5 Å². The van der Waals surface area contributed by atoms with E-state index in [0.717, 1.165) is 18.9 Å². The summed E-state index contributed by atoms with van der Waals surface area (Å²) in [7, 11) is 0. The van der Waals surface area contributed by atoms with Crippen LogP contribution in [0.3, 0.4) is 0 Å². The smallest absolute Gasteiger partial charge is 0.267 e. The fraction of sp³-hybridized carbons (Fsp3) is 0.200. The van der Waals surface area contributed by atoms with Crippen molar-refractivity contribution in [2.24, 2.45) is 0 Å². The molecule has 0 spiro atoms. The molecule has 3 heterocycles. The molecule has 0 atom stereocenters. The number of pyridine rings is 2. The lowest BCUT2D eigenvalue weighted by atomic mass is 10.2. The second-order valence-corrected chi connectivity index (χ2v) is 6.13. The van der Waals surface area contributed by atoms with Gasteiger partial charge < -0.3 is 9.80 Å². The Hall–Kier alpha value is -3.23. The maximum absolute atomic E-state index is 12.4. The summed E-state index contributed by atoms with van der Waals surface area (Å²) in [5, 5.41) is 8.49. The summed E-state index contributed by atoms with van der Waals surface area (Å²) < 4.78 is 0. The first-order valence-corrected chi connectivity index (χ1v) is 8.88. The van der Waals surface area contributed by atoms with Crippen LogP contribution in [0.15, 0.2) is 54.7 Å². The van der Waals surface area contributed by atoms with Crippen molar-refractivity contribution < 1.29 is 14.8 Å². The minimum absolute atomic E-state index is 0. The van der Waals surface area contributed by atoms with Crippen LogP contribution in [0.5, 0.6) is 0 Å². The minimum Gasteiger partial charge on any atom is -0.353 e. The van der Waals surface area contributed by atoms with E-state index in [1.807, 2.05) is 18.2 Å². The molecule has 1 fully saturated rings. The third-order valence-electron chi connectivity index (χ3n) is 4.27. The maximum Gasteiger partial charge on any atom is 0.267 e. The van der Waals surface area contributed by atoms with E-state index < -0.39 is 5.91 Å². The highest BCUT2D eigenvalue weighted by molar-refractivity contribution is 5.92.